The molecule has 3 heteroatoms. The maximum atomic E-state index is 6.85. The number of furan rings is 2. The van der Waals surface area contributed by atoms with Gasteiger partial charge in [-0.15, -0.1) is 11.3 Å². The van der Waals surface area contributed by atoms with Gasteiger partial charge in [-0.3, -0.25) is 0 Å². The summed E-state index contributed by atoms with van der Waals surface area (Å²) < 4.78 is 15.9. The van der Waals surface area contributed by atoms with E-state index in [1.54, 1.807) is 0 Å². The summed E-state index contributed by atoms with van der Waals surface area (Å²) in [6.45, 7) is 0. The van der Waals surface area contributed by atoms with E-state index in [4.69, 9.17) is 8.83 Å². The molecule has 53 heavy (non-hydrogen) atoms. The third-order valence-electron chi connectivity index (χ3n) is 11.1. The monoisotopic (exact) mass is 692 g/mol. The van der Waals surface area contributed by atoms with E-state index >= 15 is 0 Å². The predicted octanol–water partition coefficient (Wildman–Crippen LogP) is 15.2. The van der Waals surface area contributed by atoms with E-state index in [9.17, 15) is 0 Å². The zero-order valence-electron chi connectivity index (χ0n) is 28.4. The minimum absolute atomic E-state index is 0.821. The van der Waals surface area contributed by atoms with Crippen molar-refractivity contribution in [1.29, 1.82) is 0 Å². The van der Waals surface area contributed by atoms with Gasteiger partial charge in [0.25, 0.3) is 0 Å². The molecule has 12 rings (SSSR count). The van der Waals surface area contributed by atoms with Crippen molar-refractivity contribution in [1.82, 2.24) is 0 Å². The van der Waals surface area contributed by atoms with Gasteiger partial charge in [0, 0.05) is 47.6 Å². The van der Waals surface area contributed by atoms with Crippen LogP contribution >= 0.6 is 11.3 Å². The van der Waals surface area contributed by atoms with E-state index in [0.29, 0.717) is 0 Å². The Morgan fingerprint density at radius 3 is 1.83 bits per heavy atom. The minimum atomic E-state index is 0.821. The number of hydrogen-bond acceptors (Lipinski definition) is 3. The van der Waals surface area contributed by atoms with Gasteiger partial charge in [-0.2, -0.15) is 0 Å². The second-order valence-corrected chi connectivity index (χ2v) is 15.0. The molecule has 0 atom stereocenters. The van der Waals surface area contributed by atoms with Crippen molar-refractivity contribution in [2.75, 3.05) is 0 Å². The molecule has 0 aliphatic carbocycles. The summed E-state index contributed by atoms with van der Waals surface area (Å²) in [7, 11) is 0. The van der Waals surface area contributed by atoms with Crippen LogP contribution in [-0.2, 0) is 0 Å². The molecule has 246 valence electrons. The second kappa shape index (κ2) is 10.9. The van der Waals surface area contributed by atoms with Gasteiger partial charge in [0.1, 0.15) is 16.7 Å². The number of thiophene rings is 1. The molecule has 12 aromatic rings. The SMILES string of the molecule is c1ccc2cc(-c3coc4c3ccc3oc5c(-c6c7ccccc7c(-c7ccc8c(c7)sc7ccccc78)c7ccccc67)cccc5c34)ccc2c1. The molecule has 0 aliphatic rings. The molecule has 0 N–H and O–H groups in total. The van der Waals surface area contributed by atoms with Crippen molar-refractivity contribution in [3.63, 3.8) is 0 Å². The molecular formula is C50H28O2S. The summed E-state index contributed by atoms with van der Waals surface area (Å²) >= 11 is 1.87. The average molecular weight is 693 g/mol. The fraction of sp³-hybridized carbons (Fsp3) is 0. The van der Waals surface area contributed by atoms with Crippen molar-refractivity contribution in [2.45, 2.75) is 0 Å². The predicted molar refractivity (Wildman–Crippen MR) is 225 cm³/mol. The lowest BCUT2D eigenvalue weighted by Gasteiger charge is -2.18. The molecule has 0 fully saturated rings. The lowest BCUT2D eigenvalue weighted by Crippen LogP contribution is -1.91. The van der Waals surface area contributed by atoms with Gasteiger partial charge < -0.3 is 8.83 Å². The third-order valence-corrected chi connectivity index (χ3v) is 12.3. The van der Waals surface area contributed by atoms with E-state index in [-0.39, 0.29) is 0 Å². The molecule has 3 heterocycles. The van der Waals surface area contributed by atoms with Gasteiger partial charge in [0.05, 0.1) is 11.6 Å². The fourth-order valence-corrected chi connectivity index (χ4v) is 9.91. The van der Waals surface area contributed by atoms with Crippen LogP contribution in [0.2, 0.25) is 0 Å². The number of rotatable bonds is 3. The van der Waals surface area contributed by atoms with Gasteiger partial charge in [-0.05, 0) is 79.3 Å². The highest BCUT2D eigenvalue weighted by atomic mass is 32.1. The van der Waals surface area contributed by atoms with E-state index in [2.05, 4.69) is 164 Å². The summed E-state index contributed by atoms with van der Waals surface area (Å²) in [4.78, 5) is 0. The Labute approximate surface area is 307 Å². The van der Waals surface area contributed by atoms with Crippen LogP contribution in [0, 0.1) is 0 Å². The van der Waals surface area contributed by atoms with Gasteiger partial charge in [-0.1, -0.05) is 133 Å². The first-order valence-corrected chi connectivity index (χ1v) is 18.8. The molecular weight excluding hydrogens is 665 g/mol. The topological polar surface area (TPSA) is 26.3 Å². The Hall–Kier alpha value is -6.68. The highest BCUT2D eigenvalue weighted by Crippen LogP contribution is 2.48. The molecule has 0 unspecified atom stereocenters. The molecule has 0 spiro atoms. The standard InChI is InChI=1S/C50H28O2S/c1-2-11-30-26-31(21-20-29(30)10-1)42-28-51-50-39(42)24-25-43-48(50)41-18-9-17-40(49(41)52-43)47-37-15-5-3-13-35(37)46(36-14-4-6-16-38(36)47)32-22-23-34-33-12-7-8-19-44(33)53-45(34)27-32/h1-28H. The molecule has 0 radical (unpaired) electrons. The first-order chi connectivity index (χ1) is 26.3. The summed E-state index contributed by atoms with van der Waals surface area (Å²) in [6.07, 6.45) is 1.90. The average Bonchev–Trinajstić information content (AvgIpc) is 3.93. The normalized spacial score (nSPS) is 12.2. The Balaban J connectivity index is 1.10. The van der Waals surface area contributed by atoms with Crippen LogP contribution in [0.3, 0.4) is 0 Å². The largest absolute Gasteiger partial charge is 0.463 e. The van der Waals surface area contributed by atoms with Crippen LogP contribution in [-0.4, -0.2) is 0 Å². The van der Waals surface area contributed by atoms with Crippen molar-refractivity contribution >= 4 is 96.7 Å². The fourth-order valence-electron chi connectivity index (χ4n) is 8.76. The Bertz CT molecular complexity index is 3410. The molecule has 0 amide bonds. The minimum Gasteiger partial charge on any atom is -0.463 e. The van der Waals surface area contributed by atoms with Gasteiger partial charge in [-0.25, -0.2) is 0 Å². The molecule has 0 saturated carbocycles. The zero-order chi connectivity index (χ0) is 34.6. The van der Waals surface area contributed by atoms with Crippen LogP contribution in [0.15, 0.2) is 179 Å². The number of para-hydroxylation sites is 1. The van der Waals surface area contributed by atoms with Crippen molar-refractivity contribution in [2.24, 2.45) is 0 Å². The smallest absolute Gasteiger partial charge is 0.146 e. The van der Waals surface area contributed by atoms with Crippen molar-refractivity contribution in [3.05, 3.63) is 170 Å². The van der Waals surface area contributed by atoms with Gasteiger partial charge >= 0.3 is 0 Å². The highest BCUT2D eigenvalue weighted by Gasteiger charge is 2.22. The van der Waals surface area contributed by atoms with E-state index in [1.165, 1.54) is 69.2 Å². The van der Waals surface area contributed by atoms with E-state index in [1.807, 2.05) is 17.6 Å². The third kappa shape index (κ3) is 4.14. The Kier molecular flexibility index (Phi) is 5.96. The summed E-state index contributed by atoms with van der Waals surface area (Å²) in [6, 6.07) is 59.3. The van der Waals surface area contributed by atoms with Crippen LogP contribution in [0.4, 0.5) is 0 Å². The molecule has 3 aromatic heterocycles. The lowest BCUT2D eigenvalue weighted by molar-refractivity contribution is 0.619. The first-order valence-electron chi connectivity index (χ1n) is 18.0. The summed E-state index contributed by atoms with van der Waals surface area (Å²) in [5.41, 5.74) is 9.51. The molecule has 9 aromatic carbocycles. The number of hydrogen-bond donors (Lipinski definition) is 0. The lowest BCUT2D eigenvalue weighted by atomic mass is 9.85. The Morgan fingerprint density at radius 2 is 1.02 bits per heavy atom. The zero-order valence-corrected chi connectivity index (χ0v) is 29.2. The van der Waals surface area contributed by atoms with Gasteiger partial charge in [0.15, 0.2) is 0 Å². The highest BCUT2D eigenvalue weighted by molar-refractivity contribution is 7.25. The number of fused-ring (bicyclic) bond motifs is 11. The molecule has 0 aliphatic heterocycles. The van der Waals surface area contributed by atoms with Crippen molar-refractivity contribution < 1.29 is 8.83 Å². The second-order valence-electron chi connectivity index (χ2n) is 14.0. The Morgan fingerprint density at radius 1 is 0.377 bits per heavy atom. The van der Waals surface area contributed by atoms with Crippen molar-refractivity contribution in [3.8, 4) is 33.4 Å². The number of benzene rings is 9. The van der Waals surface area contributed by atoms with Crippen LogP contribution in [0.5, 0.6) is 0 Å². The summed E-state index contributed by atoms with van der Waals surface area (Å²) in [5, 5.41) is 13.1. The van der Waals surface area contributed by atoms with Crippen LogP contribution in [0.25, 0.3) is 119 Å². The molecule has 0 bridgehead atoms. The quantitative estimate of drug-likeness (QED) is 0.172. The van der Waals surface area contributed by atoms with E-state index < -0.39 is 0 Å². The van der Waals surface area contributed by atoms with E-state index in [0.717, 1.165) is 49.6 Å². The van der Waals surface area contributed by atoms with Gasteiger partial charge in [0.2, 0.25) is 0 Å². The maximum absolute atomic E-state index is 6.85. The first kappa shape index (κ1) is 29.0. The van der Waals surface area contributed by atoms with Crippen LogP contribution < -0.4 is 0 Å². The van der Waals surface area contributed by atoms with Crippen LogP contribution in [0.1, 0.15) is 0 Å². The molecule has 2 nitrogen and oxygen atoms in total. The molecule has 0 saturated heterocycles. The summed E-state index contributed by atoms with van der Waals surface area (Å²) in [5.74, 6) is 0. The maximum Gasteiger partial charge on any atom is 0.146 e.